The lowest BCUT2D eigenvalue weighted by molar-refractivity contribution is -0.113. The van der Waals surface area contributed by atoms with Crippen LogP contribution in [-0.2, 0) is 17.8 Å². The number of thioether (sulfide) groups is 1. The zero-order chi connectivity index (χ0) is 16.2. The fraction of sp³-hybridized carbons (Fsp3) is 0.471. The number of hydrogen-bond acceptors (Lipinski definition) is 4. The highest BCUT2D eigenvalue weighted by atomic mass is 32.2. The van der Waals surface area contributed by atoms with E-state index in [4.69, 9.17) is 0 Å². The molecular weight excluding hydrogens is 308 g/mol. The van der Waals surface area contributed by atoms with Gasteiger partial charge >= 0.3 is 0 Å². The van der Waals surface area contributed by atoms with Crippen molar-refractivity contribution in [2.75, 3.05) is 11.1 Å². The van der Waals surface area contributed by atoms with E-state index < -0.39 is 0 Å². The summed E-state index contributed by atoms with van der Waals surface area (Å²) in [6.07, 6.45) is 4.42. The first-order valence-corrected chi connectivity index (χ1v) is 9.04. The van der Waals surface area contributed by atoms with Gasteiger partial charge in [-0.2, -0.15) is 0 Å². The Morgan fingerprint density at radius 1 is 1.26 bits per heavy atom. The minimum absolute atomic E-state index is 0.0321. The molecule has 3 rings (SSSR count). The molecule has 1 aliphatic heterocycles. The molecule has 6 heteroatoms. The topological polar surface area (TPSA) is 59.8 Å². The molecule has 2 aromatic rings. The Bertz CT molecular complexity index is 711. The lowest BCUT2D eigenvalue weighted by Gasteiger charge is -2.09. The summed E-state index contributed by atoms with van der Waals surface area (Å²) in [4.78, 5) is 13.4. The first-order chi connectivity index (χ1) is 11.1. The van der Waals surface area contributed by atoms with Crippen LogP contribution >= 0.6 is 11.8 Å². The van der Waals surface area contributed by atoms with Crippen molar-refractivity contribution in [2.45, 2.75) is 51.0 Å². The van der Waals surface area contributed by atoms with Gasteiger partial charge in [-0.15, -0.1) is 22.0 Å². The zero-order valence-electron chi connectivity index (χ0n) is 13.6. The molecule has 2 heterocycles. The third-order valence-corrected chi connectivity index (χ3v) is 5.43. The number of anilines is 1. The van der Waals surface area contributed by atoms with Crippen molar-refractivity contribution >= 4 is 23.6 Å². The van der Waals surface area contributed by atoms with E-state index in [0.717, 1.165) is 36.5 Å². The summed E-state index contributed by atoms with van der Waals surface area (Å²) in [5.74, 6) is 1.93. The number of aryl methyl sites for hydroxylation is 2. The van der Waals surface area contributed by atoms with Gasteiger partial charge in [0.2, 0.25) is 11.9 Å². The maximum Gasteiger partial charge on any atom is 0.237 e. The second kappa shape index (κ2) is 7.17. The number of aromatic nitrogens is 3. The van der Waals surface area contributed by atoms with Gasteiger partial charge in [0.15, 0.2) is 0 Å². The van der Waals surface area contributed by atoms with Crippen LogP contribution in [0.25, 0.3) is 0 Å². The second-order valence-electron chi connectivity index (χ2n) is 5.94. The van der Waals surface area contributed by atoms with E-state index in [-0.39, 0.29) is 5.91 Å². The molecule has 0 spiro atoms. The van der Waals surface area contributed by atoms with Crippen LogP contribution in [0.3, 0.4) is 0 Å². The molecule has 1 N–H and O–H groups in total. The van der Waals surface area contributed by atoms with Crippen LogP contribution < -0.4 is 5.32 Å². The van der Waals surface area contributed by atoms with Crippen molar-refractivity contribution < 1.29 is 4.79 Å². The Morgan fingerprint density at radius 2 is 2.13 bits per heavy atom. The summed E-state index contributed by atoms with van der Waals surface area (Å²) in [6, 6.07) is 6.18. The van der Waals surface area contributed by atoms with E-state index in [1.54, 1.807) is 11.8 Å². The Kier molecular flexibility index (Phi) is 5.00. The number of fused-ring (bicyclic) bond motifs is 1. The average Bonchev–Trinajstić information content (AvgIpc) is 2.77. The Hall–Kier alpha value is -1.82. The fourth-order valence-corrected chi connectivity index (χ4v) is 3.67. The smallest absolute Gasteiger partial charge is 0.237 e. The van der Waals surface area contributed by atoms with E-state index in [0.29, 0.717) is 11.7 Å². The van der Waals surface area contributed by atoms with Crippen molar-refractivity contribution in [3.8, 4) is 0 Å². The van der Waals surface area contributed by atoms with Crippen LogP contribution in [0.15, 0.2) is 23.1 Å². The predicted octanol–water partition coefficient (Wildman–Crippen LogP) is 3.35. The van der Waals surface area contributed by atoms with Crippen LogP contribution in [0.4, 0.5) is 5.95 Å². The van der Waals surface area contributed by atoms with E-state index >= 15 is 0 Å². The van der Waals surface area contributed by atoms with Gasteiger partial charge in [0.05, 0.1) is 5.75 Å². The van der Waals surface area contributed by atoms with Gasteiger partial charge in [-0.3, -0.25) is 14.7 Å². The molecule has 1 amide bonds. The summed E-state index contributed by atoms with van der Waals surface area (Å²) in [6.45, 7) is 5.07. The number of nitrogens with one attached hydrogen (secondary N) is 1. The number of carbonyl (C=O) groups excluding carboxylic acids is 1. The number of benzene rings is 1. The lowest BCUT2D eigenvalue weighted by Crippen LogP contribution is -2.18. The molecular formula is C17H22N4OS. The standard InChI is InChI=1S/C17H22N4OS/c1-12-7-6-8-14(13(12)2)23-11-16(22)18-17-20-19-15-9-4-3-5-10-21(15)17/h6-8H,3-5,9-11H2,1-2H3,(H,18,20,22). The maximum absolute atomic E-state index is 12.2. The first-order valence-electron chi connectivity index (χ1n) is 8.06. The molecule has 1 aliphatic rings. The number of amides is 1. The van der Waals surface area contributed by atoms with Crippen molar-refractivity contribution in [1.82, 2.24) is 14.8 Å². The quantitative estimate of drug-likeness (QED) is 0.873. The van der Waals surface area contributed by atoms with Crippen molar-refractivity contribution in [3.05, 3.63) is 35.2 Å². The molecule has 122 valence electrons. The van der Waals surface area contributed by atoms with Crippen LogP contribution in [0.2, 0.25) is 0 Å². The van der Waals surface area contributed by atoms with Crippen molar-refractivity contribution in [2.24, 2.45) is 0 Å². The number of carbonyl (C=O) groups is 1. The maximum atomic E-state index is 12.2. The van der Waals surface area contributed by atoms with Crippen molar-refractivity contribution in [3.63, 3.8) is 0 Å². The second-order valence-corrected chi connectivity index (χ2v) is 6.95. The van der Waals surface area contributed by atoms with E-state index in [9.17, 15) is 4.79 Å². The molecule has 0 aliphatic carbocycles. The van der Waals surface area contributed by atoms with Crippen LogP contribution in [-0.4, -0.2) is 26.4 Å². The molecule has 23 heavy (non-hydrogen) atoms. The van der Waals surface area contributed by atoms with Gasteiger partial charge in [-0.1, -0.05) is 18.6 Å². The zero-order valence-corrected chi connectivity index (χ0v) is 14.4. The summed E-state index contributed by atoms with van der Waals surface area (Å²) < 4.78 is 2.05. The van der Waals surface area contributed by atoms with E-state index in [1.807, 2.05) is 10.6 Å². The van der Waals surface area contributed by atoms with Gasteiger partial charge in [-0.05, 0) is 43.9 Å². The van der Waals surface area contributed by atoms with E-state index in [1.165, 1.54) is 17.5 Å². The number of hydrogen-bond donors (Lipinski definition) is 1. The monoisotopic (exact) mass is 330 g/mol. The van der Waals surface area contributed by atoms with Gasteiger partial charge in [0.25, 0.3) is 0 Å². The summed E-state index contributed by atoms with van der Waals surface area (Å²) >= 11 is 1.56. The lowest BCUT2D eigenvalue weighted by atomic mass is 10.1. The Balaban J connectivity index is 1.62. The molecule has 0 radical (unpaired) electrons. The number of rotatable bonds is 4. The summed E-state index contributed by atoms with van der Waals surface area (Å²) in [5.41, 5.74) is 2.49. The van der Waals surface area contributed by atoms with Crippen LogP contribution in [0.1, 0.15) is 36.2 Å². The number of nitrogens with zero attached hydrogens (tertiary/aromatic N) is 3. The molecule has 5 nitrogen and oxygen atoms in total. The summed E-state index contributed by atoms with van der Waals surface area (Å²) in [7, 11) is 0. The largest absolute Gasteiger partial charge is 0.297 e. The molecule has 1 aromatic heterocycles. The molecule has 0 bridgehead atoms. The predicted molar refractivity (Wildman–Crippen MR) is 92.8 cm³/mol. The fourth-order valence-electron chi connectivity index (χ4n) is 2.76. The molecule has 0 saturated carbocycles. The highest BCUT2D eigenvalue weighted by Crippen LogP contribution is 2.24. The molecule has 1 aromatic carbocycles. The minimum atomic E-state index is -0.0321. The molecule has 0 saturated heterocycles. The Morgan fingerprint density at radius 3 is 3.00 bits per heavy atom. The normalized spacial score (nSPS) is 14.2. The Labute approximate surface area is 140 Å². The van der Waals surface area contributed by atoms with Gasteiger partial charge < -0.3 is 0 Å². The molecule has 0 fully saturated rings. The molecule has 0 atom stereocenters. The molecule has 0 unspecified atom stereocenters. The van der Waals surface area contributed by atoms with Crippen LogP contribution in [0, 0.1) is 13.8 Å². The van der Waals surface area contributed by atoms with Gasteiger partial charge in [-0.25, -0.2) is 0 Å². The highest BCUT2D eigenvalue weighted by molar-refractivity contribution is 8.00. The third kappa shape index (κ3) is 3.75. The average molecular weight is 330 g/mol. The summed E-state index contributed by atoms with van der Waals surface area (Å²) in [5, 5.41) is 11.3. The van der Waals surface area contributed by atoms with E-state index in [2.05, 4.69) is 41.5 Å². The third-order valence-electron chi connectivity index (χ3n) is 4.27. The van der Waals surface area contributed by atoms with Gasteiger partial charge in [0, 0.05) is 17.9 Å². The minimum Gasteiger partial charge on any atom is -0.297 e. The van der Waals surface area contributed by atoms with Crippen LogP contribution in [0.5, 0.6) is 0 Å². The SMILES string of the molecule is Cc1cccc(SCC(=O)Nc2nnc3n2CCCCC3)c1C. The highest BCUT2D eigenvalue weighted by Gasteiger charge is 2.16. The van der Waals surface area contributed by atoms with Gasteiger partial charge in [0.1, 0.15) is 5.82 Å². The van der Waals surface area contributed by atoms with Crippen molar-refractivity contribution in [1.29, 1.82) is 0 Å². The first kappa shape index (κ1) is 16.1.